The van der Waals surface area contributed by atoms with E-state index in [-0.39, 0.29) is 30.2 Å². The molecule has 10 heteroatoms. The lowest BCUT2D eigenvalue weighted by Crippen LogP contribution is -2.43. The van der Waals surface area contributed by atoms with Crippen LogP contribution in [0.25, 0.3) is 10.3 Å². The Kier molecular flexibility index (Phi) is 6.89. The third kappa shape index (κ3) is 4.57. The molecule has 9 nitrogen and oxygen atoms in total. The molecule has 1 amide bonds. The number of thiazole rings is 1. The van der Waals surface area contributed by atoms with Crippen molar-refractivity contribution in [2.75, 3.05) is 31.8 Å². The molecule has 5 rings (SSSR count). The summed E-state index contributed by atoms with van der Waals surface area (Å²) in [5.41, 5.74) is 1.28. The van der Waals surface area contributed by atoms with Gasteiger partial charge in [0.2, 0.25) is 5.91 Å². The number of hydrogen-bond donors (Lipinski definition) is 1. The van der Waals surface area contributed by atoms with Crippen LogP contribution in [0.2, 0.25) is 0 Å². The predicted molar refractivity (Wildman–Crippen MR) is 130 cm³/mol. The Labute approximate surface area is 201 Å². The second-order valence-electron chi connectivity index (χ2n) is 8.68. The molecule has 0 saturated carbocycles. The van der Waals surface area contributed by atoms with Crippen molar-refractivity contribution < 1.29 is 14.3 Å². The summed E-state index contributed by atoms with van der Waals surface area (Å²) in [6.07, 6.45) is 3.17. The van der Waals surface area contributed by atoms with E-state index in [0.717, 1.165) is 37.8 Å². The lowest BCUT2D eigenvalue weighted by atomic mass is 10.1. The summed E-state index contributed by atoms with van der Waals surface area (Å²) in [7, 11) is 1.60. The van der Waals surface area contributed by atoms with E-state index in [4.69, 9.17) is 19.4 Å². The van der Waals surface area contributed by atoms with Gasteiger partial charge in [0.15, 0.2) is 15.5 Å². The maximum Gasteiger partial charge on any atom is 0.281 e. The van der Waals surface area contributed by atoms with E-state index in [2.05, 4.69) is 5.32 Å². The molecule has 3 aromatic rings. The number of rotatable bonds is 7. The monoisotopic (exact) mass is 483 g/mol. The van der Waals surface area contributed by atoms with Crippen LogP contribution in [0.5, 0.6) is 0 Å². The normalized spacial score (nSPS) is 19.1. The fourth-order valence-electron chi connectivity index (χ4n) is 4.76. The third-order valence-corrected chi connectivity index (χ3v) is 7.45. The average molecular weight is 484 g/mol. The number of nitrogens with one attached hydrogen (secondary N) is 1. The van der Waals surface area contributed by atoms with E-state index in [1.807, 2.05) is 35.2 Å². The van der Waals surface area contributed by atoms with Gasteiger partial charge in [-0.1, -0.05) is 41.7 Å². The number of hydrogen-bond acceptors (Lipinski definition) is 8. The molecule has 0 spiro atoms. The molecule has 34 heavy (non-hydrogen) atoms. The lowest BCUT2D eigenvalue weighted by Gasteiger charge is -2.25. The van der Waals surface area contributed by atoms with Crippen LogP contribution in [-0.4, -0.2) is 53.4 Å². The summed E-state index contributed by atoms with van der Waals surface area (Å²) in [6, 6.07) is 9.58. The number of ether oxygens (including phenoxy) is 2. The van der Waals surface area contributed by atoms with Crippen molar-refractivity contribution >= 4 is 32.7 Å². The molecule has 2 aliphatic rings. The molecule has 2 aliphatic heterocycles. The van der Waals surface area contributed by atoms with E-state index in [1.165, 1.54) is 11.3 Å². The summed E-state index contributed by atoms with van der Waals surface area (Å²) in [4.78, 5) is 38.6. The standard InChI is InChI=1S/C24H29N5O4S/c1-32-15-19-26-22-20(23(31)29(19)17-9-12-33-13-10-17)27-24(34-22)28-11-5-8-18(28)21(30)25-14-16-6-3-2-4-7-16/h2-4,6-7,17-18H,5,8-15H2,1H3,(H,25,30)/t18-/m1/s1. The number of carbonyl (C=O) groups excluding carboxylic acids is 1. The molecular formula is C24H29N5O4S. The van der Waals surface area contributed by atoms with Crippen LogP contribution in [-0.2, 0) is 27.4 Å². The van der Waals surface area contributed by atoms with Gasteiger partial charge in [-0.25, -0.2) is 9.97 Å². The highest BCUT2D eigenvalue weighted by molar-refractivity contribution is 7.21. The number of methoxy groups -OCH3 is 1. The van der Waals surface area contributed by atoms with Gasteiger partial charge in [0, 0.05) is 39.5 Å². The smallest absolute Gasteiger partial charge is 0.281 e. The van der Waals surface area contributed by atoms with Crippen molar-refractivity contribution in [3.63, 3.8) is 0 Å². The number of benzene rings is 1. The van der Waals surface area contributed by atoms with Gasteiger partial charge in [-0.2, -0.15) is 0 Å². The SMILES string of the molecule is COCc1nc2sc(N3CCC[C@@H]3C(=O)NCc3ccccc3)nc2c(=O)n1C1CCOCC1. The molecule has 4 heterocycles. The quantitative estimate of drug-likeness (QED) is 0.552. The van der Waals surface area contributed by atoms with Crippen molar-refractivity contribution in [1.82, 2.24) is 19.9 Å². The van der Waals surface area contributed by atoms with Crippen LogP contribution >= 0.6 is 11.3 Å². The van der Waals surface area contributed by atoms with Gasteiger partial charge in [0.25, 0.3) is 5.56 Å². The summed E-state index contributed by atoms with van der Waals surface area (Å²) < 4.78 is 12.6. The Morgan fingerprint density at radius 2 is 2.00 bits per heavy atom. The molecular weight excluding hydrogens is 454 g/mol. The largest absolute Gasteiger partial charge is 0.381 e. The highest BCUT2D eigenvalue weighted by atomic mass is 32.1. The Bertz CT molecular complexity index is 1210. The zero-order chi connectivity index (χ0) is 23.5. The second kappa shape index (κ2) is 10.2. The van der Waals surface area contributed by atoms with Gasteiger partial charge >= 0.3 is 0 Å². The lowest BCUT2D eigenvalue weighted by molar-refractivity contribution is -0.122. The summed E-state index contributed by atoms with van der Waals surface area (Å²) in [5.74, 6) is 0.592. The third-order valence-electron chi connectivity index (χ3n) is 6.47. The predicted octanol–water partition coefficient (Wildman–Crippen LogP) is 2.64. The molecule has 2 aromatic heterocycles. The Morgan fingerprint density at radius 1 is 1.21 bits per heavy atom. The van der Waals surface area contributed by atoms with Gasteiger partial charge in [0.1, 0.15) is 18.5 Å². The molecule has 1 aromatic carbocycles. The number of carbonyl (C=O) groups is 1. The van der Waals surface area contributed by atoms with Crippen molar-refractivity contribution in [2.45, 2.75) is 50.9 Å². The summed E-state index contributed by atoms with van der Waals surface area (Å²) >= 11 is 1.37. The van der Waals surface area contributed by atoms with Crippen LogP contribution in [0.4, 0.5) is 5.13 Å². The second-order valence-corrected chi connectivity index (χ2v) is 9.64. The van der Waals surface area contributed by atoms with Crippen LogP contribution in [0.3, 0.4) is 0 Å². The molecule has 2 saturated heterocycles. The first kappa shape index (κ1) is 22.9. The van der Waals surface area contributed by atoms with E-state index >= 15 is 0 Å². The van der Waals surface area contributed by atoms with Crippen LogP contribution in [0, 0.1) is 0 Å². The number of amides is 1. The molecule has 2 fully saturated rings. The molecule has 0 bridgehead atoms. The summed E-state index contributed by atoms with van der Waals surface area (Å²) in [6.45, 7) is 2.71. The highest BCUT2D eigenvalue weighted by Crippen LogP contribution is 2.32. The molecule has 180 valence electrons. The molecule has 1 N–H and O–H groups in total. The Balaban J connectivity index is 1.42. The first-order chi connectivity index (χ1) is 16.7. The molecule has 0 radical (unpaired) electrons. The van der Waals surface area contributed by atoms with Gasteiger partial charge in [0.05, 0.1) is 0 Å². The number of fused-ring (bicyclic) bond motifs is 1. The zero-order valence-electron chi connectivity index (χ0n) is 19.2. The average Bonchev–Trinajstić information content (AvgIpc) is 3.52. The zero-order valence-corrected chi connectivity index (χ0v) is 20.1. The minimum Gasteiger partial charge on any atom is -0.381 e. The van der Waals surface area contributed by atoms with Crippen LogP contribution in [0.1, 0.15) is 43.1 Å². The highest BCUT2D eigenvalue weighted by Gasteiger charge is 2.33. The Hall–Kier alpha value is -2.82. The van der Waals surface area contributed by atoms with Crippen molar-refractivity contribution in [3.05, 3.63) is 52.1 Å². The van der Waals surface area contributed by atoms with Crippen LogP contribution in [0.15, 0.2) is 35.1 Å². The number of nitrogens with zero attached hydrogens (tertiary/aromatic N) is 4. The topological polar surface area (TPSA) is 98.6 Å². The first-order valence-electron chi connectivity index (χ1n) is 11.7. The molecule has 1 atom stereocenters. The van der Waals surface area contributed by atoms with E-state index in [9.17, 15) is 9.59 Å². The van der Waals surface area contributed by atoms with Gasteiger partial charge < -0.3 is 19.7 Å². The number of anilines is 1. The van der Waals surface area contributed by atoms with Crippen molar-refractivity contribution in [3.8, 4) is 0 Å². The van der Waals surface area contributed by atoms with E-state index in [0.29, 0.717) is 41.1 Å². The van der Waals surface area contributed by atoms with Crippen LogP contribution < -0.4 is 15.8 Å². The fraction of sp³-hybridized carbons (Fsp3) is 0.500. The van der Waals surface area contributed by atoms with Gasteiger partial charge in [-0.15, -0.1) is 0 Å². The van der Waals surface area contributed by atoms with E-state index < -0.39 is 0 Å². The maximum absolute atomic E-state index is 13.5. The fourth-order valence-corrected chi connectivity index (χ4v) is 5.79. The van der Waals surface area contributed by atoms with E-state index in [1.54, 1.807) is 11.7 Å². The Morgan fingerprint density at radius 3 is 2.76 bits per heavy atom. The summed E-state index contributed by atoms with van der Waals surface area (Å²) in [5, 5.41) is 3.72. The number of aromatic nitrogens is 3. The van der Waals surface area contributed by atoms with Gasteiger partial charge in [-0.05, 0) is 31.2 Å². The minimum atomic E-state index is -0.305. The van der Waals surface area contributed by atoms with Crippen molar-refractivity contribution in [2.24, 2.45) is 0 Å². The minimum absolute atomic E-state index is 0.0201. The molecule has 0 unspecified atom stereocenters. The first-order valence-corrected chi connectivity index (χ1v) is 12.5. The van der Waals surface area contributed by atoms with Crippen molar-refractivity contribution in [1.29, 1.82) is 0 Å². The molecule has 0 aliphatic carbocycles. The maximum atomic E-state index is 13.5. The van der Waals surface area contributed by atoms with Gasteiger partial charge in [-0.3, -0.25) is 14.2 Å².